The molecule has 0 aliphatic rings. The van der Waals surface area contributed by atoms with Gasteiger partial charge in [-0.15, -0.1) is 0 Å². The molecular formula is C18H18F2N4O3. The van der Waals surface area contributed by atoms with Crippen molar-refractivity contribution < 1.29 is 23.5 Å². The average molecular weight is 376 g/mol. The average Bonchev–Trinajstić information content (AvgIpc) is 3.09. The first kappa shape index (κ1) is 18.7. The molecule has 3 aromatic rings. The molecule has 0 saturated heterocycles. The maximum absolute atomic E-state index is 14.3. The molecular weight excluding hydrogens is 358 g/mol. The number of carbonyl (C=O) groups excluding carboxylic acids is 1. The summed E-state index contributed by atoms with van der Waals surface area (Å²) in [5, 5.41) is 12.0. The first-order chi connectivity index (χ1) is 12.9. The quantitative estimate of drug-likeness (QED) is 0.576. The van der Waals surface area contributed by atoms with Gasteiger partial charge in [-0.05, 0) is 37.6 Å². The third-order valence-corrected chi connectivity index (χ3v) is 3.76. The number of anilines is 2. The van der Waals surface area contributed by atoms with Crippen LogP contribution in [-0.4, -0.2) is 33.1 Å². The van der Waals surface area contributed by atoms with E-state index in [1.807, 2.05) is 0 Å². The van der Waals surface area contributed by atoms with Crippen LogP contribution in [0.25, 0.3) is 5.52 Å². The van der Waals surface area contributed by atoms with E-state index in [-0.39, 0.29) is 29.2 Å². The zero-order valence-electron chi connectivity index (χ0n) is 14.7. The van der Waals surface area contributed by atoms with Crippen molar-refractivity contribution in [1.29, 1.82) is 0 Å². The SMILES string of the molecule is Cc1ccc(Nc2c(C(=O)NOCC(C)O)cc(F)c3cncn23)c(F)c1. The zero-order chi connectivity index (χ0) is 19.6. The predicted octanol–water partition coefficient (Wildman–Crippen LogP) is 2.71. The molecule has 1 amide bonds. The smallest absolute Gasteiger partial charge is 0.278 e. The van der Waals surface area contributed by atoms with Crippen molar-refractivity contribution in [3.8, 4) is 0 Å². The molecule has 7 nitrogen and oxygen atoms in total. The fraction of sp³-hybridized carbons (Fsp3) is 0.222. The summed E-state index contributed by atoms with van der Waals surface area (Å²) in [6.07, 6.45) is 1.80. The minimum absolute atomic E-state index is 0.112. The van der Waals surface area contributed by atoms with E-state index < -0.39 is 23.6 Å². The van der Waals surface area contributed by atoms with Crippen molar-refractivity contribution in [2.75, 3.05) is 11.9 Å². The standard InChI is InChI=1S/C18H18F2N4O3/c1-10-3-4-15(13(19)5-10)22-17-12(18(26)23-27-8-11(2)25)6-14(20)16-7-21-9-24(16)17/h3-7,9,11,22,25H,8H2,1-2H3,(H,23,26). The number of amides is 1. The Morgan fingerprint density at radius 3 is 2.81 bits per heavy atom. The summed E-state index contributed by atoms with van der Waals surface area (Å²) in [5.41, 5.74) is 2.97. The van der Waals surface area contributed by atoms with Gasteiger partial charge in [-0.3, -0.25) is 14.0 Å². The van der Waals surface area contributed by atoms with E-state index in [1.54, 1.807) is 13.0 Å². The van der Waals surface area contributed by atoms with Crippen LogP contribution in [-0.2, 0) is 4.84 Å². The normalized spacial score (nSPS) is 12.2. The number of fused-ring (bicyclic) bond motifs is 1. The number of carbonyl (C=O) groups is 1. The van der Waals surface area contributed by atoms with E-state index in [1.165, 1.54) is 36.0 Å². The number of benzene rings is 1. The van der Waals surface area contributed by atoms with Crippen LogP contribution in [0.5, 0.6) is 0 Å². The van der Waals surface area contributed by atoms with Gasteiger partial charge in [-0.25, -0.2) is 19.2 Å². The molecule has 9 heteroatoms. The Morgan fingerprint density at radius 2 is 2.11 bits per heavy atom. The maximum Gasteiger partial charge on any atom is 0.278 e. The summed E-state index contributed by atoms with van der Waals surface area (Å²) in [7, 11) is 0. The van der Waals surface area contributed by atoms with E-state index in [0.717, 1.165) is 11.6 Å². The topological polar surface area (TPSA) is 87.9 Å². The van der Waals surface area contributed by atoms with Gasteiger partial charge in [-0.2, -0.15) is 0 Å². The highest BCUT2D eigenvalue weighted by Gasteiger charge is 2.20. The van der Waals surface area contributed by atoms with Crippen LogP contribution >= 0.6 is 0 Å². The minimum Gasteiger partial charge on any atom is -0.391 e. The molecule has 0 fully saturated rings. The molecule has 0 bridgehead atoms. The summed E-state index contributed by atoms with van der Waals surface area (Å²) < 4.78 is 29.9. The lowest BCUT2D eigenvalue weighted by atomic mass is 10.2. The van der Waals surface area contributed by atoms with Gasteiger partial charge in [-0.1, -0.05) is 6.07 Å². The zero-order valence-corrected chi connectivity index (χ0v) is 14.7. The third kappa shape index (κ3) is 4.04. The molecule has 0 aliphatic heterocycles. The lowest BCUT2D eigenvalue weighted by Gasteiger charge is -2.16. The number of rotatable bonds is 6. The molecule has 1 atom stereocenters. The molecule has 3 N–H and O–H groups in total. The first-order valence-electron chi connectivity index (χ1n) is 8.14. The molecule has 3 rings (SSSR count). The maximum atomic E-state index is 14.3. The van der Waals surface area contributed by atoms with Gasteiger partial charge in [0.15, 0.2) is 0 Å². The number of hydrogen-bond donors (Lipinski definition) is 3. The molecule has 0 saturated carbocycles. The lowest BCUT2D eigenvalue weighted by molar-refractivity contribution is -0.00686. The Kier molecular flexibility index (Phi) is 5.33. The van der Waals surface area contributed by atoms with Crippen molar-refractivity contribution in [1.82, 2.24) is 14.9 Å². The second-order valence-electron chi connectivity index (χ2n) is 6.10. The Balaban J connectivity index is 2.02. The Hall–Kier alpha value is -3.04. The Morgan fingerprint density at radius 1 is 1.33 bits per heavy atom. The number of hydrogen-bond acceptors (Lipinski definition) is 5. The van der Waals surface area contributed by atoms with Gasteiger partial charge >= 0.3 is 0 Å². The third-order valence-electron chi connectivity index (χ3n) is 3.76. The van der Waals surface area contributed by atoms with Gasteiger partial charge in [0, 0.05) is 0 Å². The number of imidazole rings is 1. The second kappa shape index (κ2) is 7.68. The number of aliphatic hydroxyl groups excluding tert-OH is 1. The number of hydroxylamine groups is 1. The second-order valence-corrected chi connectivity index (χ2v) is 6.10. The van der Waals surface area contributed by atoms with Crippen molar-refractivity contribution in [3.05, 3.63) is 59.6 Å². The monoisotopic (exact) mass is 376 g/mol. The predicted molar refractivity (Wildman–Crippen MR) is 94.7 cm³/mol. The summed E-state index contributed by atoms with van der Waals surface area (Å²) in [4.78, 5) is 21.2. The summed E-state index contributed by atoms with van der Waals surface area (Å²) >= 11 is 0. The number of aliphatic hydroxyl groups is 1. The van der Waals surface area contributed by atoms with Crippen molar-refractivity contribution in [2.24, 2.45) is 0 Å². The molecule has 142 valence electrons. The van der Waals surface area contributed by atoms with Gasteiger partial charge in [0.05, 0.1) is 23.6 Å². The van der Waals surface area contributed by atoms with Gasteiger partial charge in [0.25, 0.3) is 5.91 Å². The van der Waals surface area contributed by atoms with Crippen LogP contribution < -0.4 is 10.8 Å². The number of aryl methyl sites for hydroxylation is 1. The largest absolute Gasteiger partial charge is 0.391 e. The molecule has 0 spiro atoms. The Labute approximate surface area is 153 Å². The van der Waals surface area contributed by atoms with Crippen molar-refractivity contribution >= 4 is 22.9 Å². The van der Waals surface area contributed by atoms with E-state index in [2.05, 4.69) is 15.8 Å². The summed E-state index contributed by atoms with van der Waals surface area (Å²) in [6, 6.07) is 5.56. The molecule has 2 heterocycles. The number of nitrogens with one attached hydrogen (secondary N) is 2. The molecule has 0 aliphatic carbocycles. The lowest BCUT2D eigenvalue weighted by Crippen LogP contribution is -2.28. The molecule has 1 aromatic carbocycles. The van der Waals surface area contributed by atoms with E-state index >= 15 is 0 Å². The fourth-order valence-electron chi connectivity index (χ4n) is 2.48. The minimum atomic E-state index is -0.794. The van der Waals surface area contributed by atoms with Gasteiger partial charge in [0.1, 0.15) is 35.9 Å². The van der Waals surface area contributed by atoms with E-state index in [0.29, 0.717) is 0 Å². The molecule has 1 unspecified atom stereocenters. The van der Waals surface area contributed by atoms with Crippen LogP contribution in [0.2, 0.25) is 0 Å². The number of halogens is 2. The molecule has 27 heavy (non-hydrogen) atoms. The number of nitrogens with zero attached hydrogens (tertiary/aromatic N) is 2. The molecule has 0 radical (unpaired) electrons. The van der Waals surface area contributed by atoms with Crippen LogP contribution in [0.15, 0.2) is 36.8 Å². The highest BCUT2D eigenvalue weighted by Crippen LogP contribution is 2.27. The van der Waals surface area contributed by atoms with Gasteiger partial charge in [0.2, 0.25) is 0 Å². The van der Waals surface area contributed by atoms with Crippen LogP contribution in [0, 0.1) is 18.6 Å². The van der Waals surface area contributed by atoms with Crippen molar-refractivity contribution in [3.63, 3.8) is 0 Å². The summed E-state index contributed by atoms with van der Waals surface area (Å²) in [5.74, 6) is -1.85. The highest BCUT2D eigenvalue weighted by atomic mass is 19.1. The van der Waals surface area contributed by atoms with E-state index in [9.17, 15) is 18.7 Å². The fourth-order valence-corrected chi connectivity index (χ4v) is 2.48. The molecule has 2 aromatic heterocycles. The van der Waals surface area contributed by atoms with E-state index in [4.69, 9.17) is 4.84 Å². The van der Waals surface area contributed by atoms with Crippen LogP contribution in [0.1, 0.15) is 22.8 Å². The Bertz CT molecular complexity index is 988. The van der Waals surface area contributed by atoms with Crippen molar-refractivity contribution in [2.45, 2.75) is 20.0 Å². The number of aromatic nitrogens is 2. The number of pyridine rings is 1. The first-order valence-corrected chi connectivity index (χ1v) is 8.14. The highest BCUT2D eigenvalue weighted by molar-refractivity contribution is 5.99. The van der Waals surface area contributed by atoms with Crippen LogP contribution in [0.4, 0.5) is 20.3 Å². The van der Waals surface area contributed by atoms with Gasteiger partial charge < -0.3 is 10.4 Å². The summed E-state index contributed by atoms with van der Waals surface area (Å²) in [6.45, 7) is 3.09. The van der Waals surface area contributed by atoms with Crippen LogP contribution in [0.3, 0.4) is 0 Å².